The maximum atomic E-state index is 11.7. The number of hydroxylamine groups is 1. The molecule has 0 spiro atoms. The molecule has 16 heavy (non-hydrogen) atoms. The summed E-state index contributed by atoms with van der Waals surface area (Å²) in [4.78, 5) is 16.6. The van der Waals surface area contributed by atoms with Crippen LogP contribution in [0.25, 0.3) is 0 Å². The van der Waals surface area contributed by atoms with E-state index in [1.807, 2.05) is 33.8 Å². The summed E-state index contributed by atoms with van der Waals surface area (Å²) in [6.45, 7) is 8.98. The number of hydrogen-bond acceptors (Lipinski definition) is 3. The van der Waals surface area contributed by atoms with Gasteiger partial charge in [-0.05, 0) is 25.8 Å². The van der Waals surface area contributed by atoms with E-state index in [0.29, 0.717) is 24.8 Å². The van der Waals surface area contributed by atoms with E-state index in [-0.39, 0.29) is 5.91 Å². The smallest absolute Gasteiger partial charge is 0.274 e. The Balaban J connectivity index is 2.89. The predicted octanol–water partition coefficient (Wildman–Crippen LogP) is 1.71. The second kappa shape index (κ2) is 5.65. The number of carbonyl (C=O) groups excluding carboxylic acids is 1. The van der Waals surface area contributed by atoms with Crippen LogP contribution in [0.4, 0.5) is 0 Å². The number of nitrogens with zero attached hydrogens (tertiary/aromatic N) is 2. The summed E-state index contributed by atoms with van der Waals surface area (Å²) in [5.74, 6) is 0.0644. The standard InChI is InChI=1S/C11H19N3O2/c1-5-14-10(11(15)13-16-6-2)7-9(12-14)8(3)4/h7-8H,5-6H2,1-4H3,(H,13,15). The van der Waals surface area contributed by atoms with Gasteiger partial charge in [-0.3, -0.25) is 14.3 Å². The molecule has 0 aliphatic rings. The van der Waals surface area contributed by atoms with Gasteiger partial charge in [-0.2, -0.15) is 5.10 Å². The van der Waals surface area contributed by atoms with Gasteiger partial charge in [-0.25, -0.2) is 5.48 Å². The first-order chi connectivity index (χ1) is 7.60. The maximum absolute atomic E-state index is 11.7. The summed E-state index contributed by atoms with van der Waals surface area (Å²) < 4.78 is 1.68. The van der Waals surface area contributed by atoms with Gasteiger partial charge >= 0.3 is 0 Å². The van der Waals surface area contributed by atoms with E-state index in [0.717, 1.165) is 5.69 Å². The highest BCUT2D eigenvalue weighted by Crippen LogP contribution is 2.14. The van der Waals surface area contributed by atoms with Crippen molar-refractivity contribution in [1.82, 2.24) is 15.3 Å². The van der Waals surface area contributed by atoms with Gasteiger partial charge in [0, 0.05) is 6.54 Å². The van der Waals surface area contributed by atoms with E-state index in [2.05, 4.69) is 10.6 Å². The monoisotopic (exact) mass is 225 g/mol. The van der Waals surface area contributed by atoms with Gasteiger partial charge in [0.1, 0.15) is 5.69 Å². The van der Waals surface area contributed by atoms with E-state index >= 15 is 0 Å². The molecule has 0 bridgehead atoms. The Morgan fingerprint density at radius 3 is 2.75 bits per heavy atom. The highest BCUT2D eigenvalue weighted by atomic mass is 16.6. The molecule has 0 saturated heterocycles. The number of nitrogens with one attached hydrogen (secondary N) is 1. The highest BCUT2D eigenvalue weighted by Gasteiger charge is 2.15. The van der Waals surface area contributed by atoms with E-state index in [9.17, 15) is 4.79 Å². The molecule has 1 aromatic heterocycles. The molecule has 0 atom stereocenters. The van der Waals surface area contributed by atoms with Crippen molar-refractivity contribution in [2.24, 2.45) is 0 Å². The van der Waals surface area contributed by atoms with Crippen LogP contribution < -0.4 is 5.48 Å². The van der Waals surface area contributed by atoms with Crippen LogP contribution in [0.2, 0.25) is 0 Å². The van der Waals surface area contributed by atoms with Crippen LogP contribution >= 0.6 is 0 Å². The van der Waals surface area contributed by atoms with Gasteiger partial charge in [0.25, 0.3) is 5.91 Å². The fraction of sp³-hybridized carbons (Fsp3) is 0.636. The molecule has 5 nitrogen and oxygen atoms in total. The summed E-state index contributed by atoms with van der Waals surface area (Å²) in [6, 6.07) is 1.81. The largest absolute Gasteiger partial charge is 0.293 e. The van der Waals surface area contributed by atoms with Crippen molar-refractivity contribution >= 4 is 5.91 Å². The average Bonchev–Trinajstić information content (AvgIpc) is 2.69. The van der Waals surface area contributed by atoms with E-state index in [1.54, 1.807) is 4.68 Å². The molecule has 0 aliphatic heterocycles. The van der Waals surface area contributed by atoms with Crippen LogP contribution in [0.1, 0.15) is 49.8 Å². The first-order valence-corrected chi connectivity index (χ1v) is 5.60. The molecule has 1 aromatic rings. The van der Waals surface area contributed by atoms with Crippen LogP contribution in [0.5, 0.6) is 0 Å². The van der Waals surface area contributed by atoms with Crippen molar-refractivity contribution in [3.05, 3.63) is 17.5 Å². The third-order valence-electron chi connectivity index (χ3n) is 2.23. The lowest BCUT2D eigenvalue weighted by atomic mass is 10.1. The Hall–Kier alpha value is -1.36. The molecule has 1 N–H and O–H groups in total. The Bertz CT molecular complexity index is 358. The minimum atomic E-state index is -0.247. The minimum Gasteiger partial charge on any atom is -0.274 e. The molecule has 90 valence electrons. The van der Waals surface area contributed by atoms with Crippen molar-refractivity contribution in [3.8, 4) is 0 Å². The highest BCUT2D eigenvalue weighted by molar-refractivity contribution is 5.91. The van der Waals surface area contributed by atoms with Gasteiger partial charge in [-0.1, -0.05) is 13.8 Å². The molecule has 1 heterocycles. The van der Waals surface area contributed by atoms with Gasteiger partial charge in [0.05, 0.1) is 12.3 Å². The van der Waals surface area contributed by atoms with Crippen LogP contribution in [0.3, 0.4) is 0 Å². The fourth-order valence-electron chi connectivity index (χ4n) is 1.33. The number of rotatable bonds is 5. The van der Waals surface area contributed by atoms with Gasteiger partial charge in [-0.15, -0.1) is 0 Å². The lowest BCUT2D eigenvalue weighted by Gasteiger charge is -2.04. The third-order valence-corrected chi connectivity index (χ3v) is 2.23. The Morgan fingerprint density at radius 1 is 1.56 bits per heavy atom. The zero-order valence-corrected chi connectivity index (χ0v) is 10.3. The Labute approximate surface area is 95.7 Å². The number of aryl methyl sites for hydroxylation is 1. The lowest BCUT2D eigenvalue weighted by Crippen LogP contribution is -2.26. The topological polar surface area (TPSA) is 56.1 Å². The Morgan fingerprint density at radius 2 is 2.25 bits per heavy atom. The molecular formula is C11H19N3O2. The molecule has 0 radical (unpaired) electrons. The molecule has 0 unspecified atom stereocenters. The molecule has 0 fully saturated rings. The Kier molecular flexibility index (Phi) is 4.49. The third kappa shape index (κ3) is 2.82. The molecular weight excluding hydrogens is 206 g/mol. The van der Waals surface area contributed by atoms with E-state index < -0.39 is 0 Å². The van der Waals surface area contributed by atoms with E-state index in [4.69, 9.17) is 4.84 Å². The molecule has 1 rings (SSSR count). The maximum Gasteiger partial charge on any atom is 0.293 e. The number of amides is 1. The van der Waals surface area contributed by atoms with Crippen LogP contribution in [0.15, 0.2) is 6.07 Å². The first-order valence-electron chi connectivity index (χ1n) is 5.60. The van der Waals surface area contributed by atoms with Crippen molar-refractivity contribution < 1.29 is 9.63 Å². The lowest BCUT2D eigenvalue weighted by molar-refractivity contribution is 0.0355. The summed E-state index contributed by atoms with van der Waals surface area (Å²) in [5.41, 5.74) is 3.84. The molecule has 5 heteroatoms. The van der Waals surface area contributed by atoms with Crippen molar-refractivity contribution in [3.63, 3.8) is 0 Å². The van der Waals surface area contributed by atoms with Crippen LogP contribution in [-0.4, -0.2) is 22.3 Å². The van der Waals surface area contributed by atoms with Crippen LogP contribution in [0, 0.1) is 0 Å². The van der Waals surface area contributed by atoms with Crippen LogP contribution in [-0.2, 0) is 11.4 Å². The van der Waals surface area contributed by atoms with Gasteiger partial charge < -0.3 is 0 Å². The average molecular weight is 225 g/mol. The van der Waals surface area contributed by atoms with Gasteiger partial charge in [0.2, 0.25) is 0 Å². The zero-order chi connectivity index (χ0) is 12.1. The minimum absolute atomic E-state index is 0.247. The second-order valence-electron chi connectivity index (χ2n) is 3.79. The molecule has 0 aliphatic carbocycles. The fourth-order valence-corrected chi connectivity index (χ4v) is 1.33. The summed E-state index contributed by atoms with van der Waals surface area (Å²) >= 11 is 0. The molecule has 1 amide bonds. The summed E-state index contributed by atoms with van der Waals surface area (Å²) in [5, 5.41) is 4.36. The number of aromatic nitrogens is 2. The number of hydrogen-bond donors (Lipinski definition) is 1. The zero-order valence-electron chi connectivity index (χ0n) is 10.3. The molecule has 0 aromatic carbocycles. The summed E-state index contributed by atoms with van der Waals surface area (Å²) in [6.07, 6.45) is 0. The van der Waals surface area contributed by atoms with Crippen molar-refractivity contribution in [2.45, 2.75) is 40.2 Å². The summed E-state index contributed by atoms with van der Waals surface area (Å²) in [7, 11) is 0. The normalized spacial score (nSPS) is 10.8. The predicted molar refractivity (Wildman–Crippen MR) is 61.1 cm³/mol. The molecule has 0 saturated carbocycles. The van der Waals surface area contributed by atoms with E-state index in [1.165, 1.54) is 0 Å². The first kappa shape index (κ1) is 12.7. The van der Waals surface area contributed by atoms with Crippen molar-refractivity contribution in [1.29, 1.82) is 0 Å². The quantitative estimate of drug-likeness (QED) is 0.776. The van der Waals surface area contributed by atoms with Gasteiger partial charge in [0.15, 0.2) is 0 Å². The van der Waals surface area contributed by atoms with Crippen molar-refractivity contribution in [2.75, 3.05) is 6.61 Å². The second-order valence-corrected chi connectivity index (χ2v) is 3.79. The number of carbonyl (C=O) groups is 1. The SMILES string of the molecule is CCONC(=O)c1cc(C(C)C)nn1CC.